The maximum absolute atomic E-state index is 13.3. The standard InChI is InChI=1S/C19H19BrClN3O2.C4H7N3O/c1-19(2)7-6-12-14(16(19)25)13(9-4-5-10(20)11(21)8-9)15-17(22-12)24(3)23-18(15)26;1-7-3(5)2-4(8)6-7/h4-5,8,13,22H,6-7H2,1-3H3,(H,23,26);2H,5H2,1H3,(H,6,8). The van der Waals surface area contributed by atoms with Crippen LogP contribution in [0.25, 0.3) is 0 Å². The van der Waals surface area contributed by atoms with Crippen LogP contribution in [-0.4, -0.2) is 25.3 Å². The van der Waals surface area contributed by atoms with Crippen LogP contribution >= 0.6 is 27.5 Å². The Morgan fingerprint density at radius 1 is 1.12 bits per heavy atom. The van der Waals surface area contributed by atoms with Gasteiger partial charge in [-0.15, -0.1) is 0 Å². The molecule has 11 heteroatoms. The second-order valence-corrected chi connectivity index (χ2v) is 10.5. The van der Waals surface area contributed by atoms with E-state index >= 15 is 0 Å². The SMILES string of the molecule is Cn1[nH]c(=O)c2c1NC1=C(C(=O)C(C)(C)CC1)C2c1ccc(Br)c(Cl)c1.Cn1[nH]c(=O)cc1N. The minimum atomic E-state index is -0.447. The molecule has 0 spiro atoms. The lowest BCUT2D eigenvalue weighted by atomic mass is 9.68. The molecule has 2 aromatic heterocycles. The fourth-order valence-corrected chi connectivity index (χ4v) is 4.84. The smallest absolute Gasteiger partial charge is 0.270 e. The molecular weight excluding hydrogens is 524 g/mol. The minimum absolute atomic E-state index is 0.0872. The number of aromatic nitrogens is 4. The van der Waals surface area contributed by atoms with Crippen molar-refractivity contribution in [2.24, 2.45) is 19.5 Å². The van der Waals surface area contributed by atoms with Crippen LogP contribution in [0.1, 0.15) is 43.7 Å². The Bertz CT molecular complexity index is 1420. The number of halogens is 2. The van der Waals surface area contributed by atoms with Gasteiger partial charge < -0.3 is 11.1 Å². The maximum Gasteiger partial charge on any atom is 0.270 e. The van der Waals surface area contributed by atoms with E-state index in [-0.39, 0.29) is 16.9 Å². The molecule has 1 atom stereocenters. The van der Waals surface area contributed by atoms with Crippen molar-refractivity contribution < 1.29 is 4.79 Å². The zero-order valence-corrected chi connectivity index (χ0v) is 21.6. The van der Waals surface area contributed by atoms with Crippen LogP contribution in [0.15, 0.2) is 49.6 Å². The van der Waals surface area contributed by atoms with E-state index in [0.717, 1.165) is 28.6 Å². The van der Waals surface area contributed by atoms with E-state index < -0.39 is 11.3 Å². The molecule has 1 aromatic carbocycles. The van der Waals surface area contributed by atoms with Gasteiger partial charge in [0.1, 0.15) is 11.6 Å². The number of rotatable bonds is 1. The summed E-state index contributed by atoms with van der Waals surface area (Å²) in [6.07, 6.45) is 1.55. The summed E-state index contributed by atoms with van der Waals surface area (Å²) in [6.45, 7) is 3.94. The number of Topliss-reactive ketones (excluding diaryl/α,β-unsaturated/α-hetero) is 1. The van der Waals surface area contributed by atoms with Crippen LogP contribution in [0.4, 0.5) is 11.6 Å². The van der Waals surface area contributed by atoms with Crippen LogP contribution in [-0.2, 0) is 18.9 Å². The van der Waals surface area contributed by atoms with Crippen molar-refractivity contribution in [2.45, 2.75) is 32.6 Å². The summed E-state index contributed by atoms with van der Waals surface area (Å²) in [7, 11) is 3.47. The zero-order valence-electron chi connectivity index (χ0n) is 19.3. The molecule has 3 aromatic rings. The van der Waals surface area contributed by atoms with Crippen LogP contribution in [0.5, 0.6) is 0 Å². The highest BCUT2D eigenvalue weighted by molar-refractivity contribution is 9.10. The lowest BCUT2D eigenvalue weighted by Crippen LogP contribution is -2.37. The maximum atomic E-state index is 13.3. The molecule has 0 radical (unpaired) electrons. The topological polar surface area (TPSA) is 131 Å². The number of hydrogen-bond acceptors (Lipinski definition) is 5. The number of fused-ring (bicyclic) bond motifs is 1. The third-order valence-corrected chi connectivity index (χ3v) is 7.59. The fraction of sp³-hybridized carbons (Fsp3) is 0.348. The van der Waals surface area contributed by atoms with Crippen molar-refractivity contribution >= 4 is 44.9 Å². The van der Waals surface area contributed by atoms with Gasteiger partial charge in [0.2, 0.25) is 0 Å². The Morgan fingerprint density at radius 2 is 1.82 bits per heavy atom. The summed E-state index contributed by atoms with van der Waals surface area (Å²) in [4.78, 5) is 36.3. The minimum Gasteiger partial charge on any atom is -0.384 e. The predicted octanol–water partition coefficient (Wildman–Crippen LogP) is 3.63. The van der Waals surface area contributed by atoms with Crippen molar-refractivity contribution in [2.75, 3.05) is 11.1 Å². The number of aromatic amines is 2. The Kier molecular flexibility index (Phi) is 6.15. The van der Waals surface area contributed by atoms with E-state index in [4.69, 9.17) is 17.3 Å². The molecule has 0 fully saturated rings. The molecule has 0 saturated carbocycles. The summed E-state index contributed by atoms with van der Waals surface area (Å²) < 4.78 is 3.92. The van der Waals surface area contributed by atoms with Crippen molar-refractivity contribution in [1.82, 2.24) is 19.6 Å². The molecule has 1 unspecified atom stereocenters. The molecule has 34 heavy (non-hydrogen) atoms. The average molecular weight is 550 g/mol. The Hall–Kier alpha value is -2.98. The first-order valence-electron chi connectivity index (χ1n) is 10.7. The zero-order chi connectivity index (χ0) is 24.9. The first-order valence-corrected chi connectivity index (χ1v) is 11.9. The number of carbonyl (C=O) groups excluding carboxylic acids is 1. The fourth-order valence-electron chi connectivity index (χ4n) is 4.40. The monoisotopic (exact) mass is 548 g/mol. The Balaban J connectivity index is 0.000000291. The summed E-state index contributed by atoms with van der Waals surface area (Å²) in [5.74, 6) is 0.827. The van der Waals surface area contributed by atoms with Gasteiger partial charge in [-0.05, 0) is 46.5 Å². The first-order chi connectivity index (χ1) is 15.9. The lowest BCUT2D eigenvalue weighted by molar-refractivity contribution is -0.124. The second-order valence-electron chi connectivity index (χ2n) is 9.20. The molecule has 3 heterocycles. The molecule has 180 valence electrons. The van der Waals surface area contributed by atoms with E-state index in [1.807, 2.05) is 32.0 Å². The highest BCUT2D eigenvalue weighted by atomic mass is 79.9. The van der Waals surface area contributed by atoms with Crippen LogP contribution in [0.3, 0.4) is 0 Å². The number of nitrogens with two attached hydrogens (primary N) is 1. The van der Waals surface area contributed by atoms with E-state index in [9.17, 15) is 14.4 Å². The molecule has 5 N–H and O–H groups in total. The number of carbonyl (C=O) groups is 1. The number of nitrogens with zero attached hydrogens (tertiary/aromatic N) is 2. The van der Waals surface area contributed by atoms with Gasteiger partial charge in [-0.3, -0.25) is 33.9 Å². The van der Waals surface area contributed by atoms with E-state index in [0.29, 0.717) is 27.8 Å². The summed E-state index contributed by atoms with van der Waals surface area (Å²) in [5.41, 5.74) is 7.47. The normalized spacial score (nSPS) is 18.5. The Labute approximate surface area is 209 Å². The molecular formula is C23H26BrClN6O3. The average Bonchev–Trinajstić information content (AvgIpc) is 3.22. The van der Waals surface area contributed by atoms with Gasteiger partial charge in [0.15, 0.2) is 5.78 Å². The predicted molar refractivity (Wildman–Crippen MR) is 136 cm³/mol. The van der Waals surface area contributed by atoms with E-state index in [1.165, 1.54) is 10.7 Å². The third-order valence-electron chi connectivity index (χ3n) is 6.36. The van der Waals surface area contributed by atoms with Gasteiger partial charge in [-0.1, -0.05) is 31.5 Å². The molecule has 5 rings (SSSR count). The molecule has 2 aliphatic rings. The molecule has 1 aliphatic heterocycles. The van der Waals surface area contributed by atoms with Gasteiger partial charge in [0.05, 0.1) is 10.6 Å². The van der Waals surface area contributed by atoms with E-state index in [2.05, 4.69) is 31.4 Å². The van der Waals surface area contributed by atoms with Crippen LogP contribution in [0, 0.1) is 5.41 Å². The van der Waals surface area contributed by atoms with Crippen molar-refractivity contribution in [3.05, 3.63) is 76.9 Å². The van der Waals surface area contributed by atoms with Gasteiger partial charge >= 0.3 is 0 Å². The first kappa shape index (κ1) is 24.2. The van der Waals surface area contributed by atoms with Crippen LogP contribution in [0.2, 0.25) is 5.02 Å². The number of nitrogens with one attached hydrogen (secondary N) is 3. The number of anilines is 2. The highest BCUT2D eigenvalue weighted by Crippen LogP contribution is 2.48. The number of H-pyrrole nitrogens is 2. The van der Waals surface area contributed by atoms with Gasteiger partial charge in [-0.2, -0.15) is 0 Å². The molecule has 9 nitrogen and oxygen atoms in total. The van der Waals surface area contributed by atoms with Crippen molar-refractivity contribution in [1.29, 1.82) is 0 Å². The van der Waals surface area contributed by atoms with Gasteiger partial charge in [0.25, 0.3) is 11.1 Å². The quantitative estimate of drug-likeness (QED) is 0.368. The number of benzene rings is 1. The molecule has 0 saturated heterocycles. The number of hydrogen-bond donors (Lipinski definition) is 4. The van der Waals surface area contributed by atoms with Crippen molar-refractivity contribution in [3.63, 3.8) is 0 Å². The lowest BCUT2D eigenvalue weighted by Gasteiger charge is -2.38. The number of nitrogen functional groups attached to an aromatic ring is 1. The van der Waals surface area contributed by atoms with E-state index in [1.54, 1.807) is 18.8 Å². The van der Waals surface area contributed by atoms with Crippen molar-refractivity contribution in [3.8, 4) is 0 Å². The summed E-state index contributed by atoms with van der Waals surface area (Å²) >= 11 is 9.73. The number of ketones is 1. The number of allylic oxidation sites excluding steroid dienone is 2. The third kappa shape index (κ3) is 4.16. The molecule has 0 bridgehead atoms. The molecule has 1 aliphatic carbocycles. The largest absolute Gasteiger partial charge is 0.384 e. The molecule has 0 amide bonds. The summed E-state index contributed by atoms with van der Waals surface area (Å²) in [6, 6.07) is 6.94. The highest BCUT2D eigenvalue weighted by Gasteiger charge is 2.44. The second kappa shape index (κ2) is 8.66. The van der Waals surface area contributed by atoms with Gasteiger partial charge in [-0.25, -0.2) is 0 Å². The number of aryl methyl sites for hydroxylation is 2. The van der Waals surface area contributed by atoms with Crippen LogP contribution < -0.4 is 22.2 Å². The Morgan fingerprint density at radius 3 is 2.38 bits per heavy atom. The summed E-state index contributed by atoms with van der Waals surface area (Å²) in [5, 5.41) is 9.14. The van der Waals surface area contributed by atoms with Gasteiger partial charge in [0, 0.05) is 47.2 Å².